The lowest BCUT2D eigenvalue weighted by Gasteiger charge is -2.40. The molecule has 1 aliphatic heterocycles. The molecule has 0 amide bonds. The fourth-order valence-electron chi connectivity index (χ4n) is 5.36. The van der Waals surface area contributed by atoms with Crippen LogP contribution in [-0.4, -0.2) is 31.0 Å². The third-order valence-electron chi connectivity index (χ3n) is 7.55. The number of sulfonamides is 1. The monoisotopic (exact) mass is 502 g/mol. The summed E-state index contributed by atoms with van der Waals surface area (Å²) in [5, 5.41) is 3.12. The summed E-state index contributed by atoms with van der Waals surface area (Å²) in [4.78, 5) is 0. The Morgan fingerprint density at radius 2 is 1.86 bits per heavy atom. The molecule has 1 aromatic heterocycles. The van der Waals surface area contributed by atoms with Gasteiger partial charge in [-0.05, 0) is 55.5 Å². The van der Waals surface area contributed by atoms with E-state index < -0.39 is 32.3 Å². The van der Waals surface area contributed by atoms with Crippen LogP contribution >= 0.6 is 0 Å². The van der Waals surface area contributed by atoms with Gasteiger partial charge >= 0.3 is 0 Å². The van der Waals surface area contributed by atoms with Gasteiger partial charge in [-0.2, -0.15) is 4.31 Å². The minimum absolute atomic E-state index is 0.0139. The zero-order valence-electron chi connectivity index (χ0n) is 19.7. The van der Waals surface area contributed by atoms with Crippen LogP contribution in [0.3, 0.4) is 0 Å². The highest BCUT2D eigenvalue weighted by Gasteiger charge is 2.47. The van der Waals surface area contributed by atoms with Gasteiger partial charge in [0.1, 0.15) is 16.9 Å². The summed E-state index contributed by atoms with van der Waals surface area (Å²) in [6.07, 6.45) is 3.16. The zero-order valence-corrected chi connectivity index (χ0v) is 20.5. The molecule has 35 heavy (non-hydrogen) atoms. The second kappa shape index (κ2) is 9.02. The van der Waals surface area contributed by atoms with Crippen molar-refractivity contribution in [2.45, 2.75) is 62.3 Å². The largest absolute Gasteiger partial charge is 0.479 e. The number of rotatable bonds is 6. The first-order valence-electron chi connectivity index (χ1n) is 11.8. The maximum Gasteiger partial charge on any atom is 0.254 e. The Balaban J connectivity index is 1.47. The molecule has 1 saturated carbocycles. The number of methoxy groups -OCH3 is 1. The summed E-state index contributed by atoms with van der Waals surface area (Å²) < 4.78 is 69.7. The molecule has 0 bridgehead atoms. The molecule has 1 saturated heterocycles. The molecule has 3 aromatic rings. The minimum atomic E-state index is -3.76. The van der Waals surface area contributed by atoms with Gasteiger partial charge in [0.2, 0.25) is 10.0 Å². The Hall–Kier alpha value is -2.78. The van der Waals surface area contributed by atoms with Gasteiger partial charge in [0.15, 0.2) is 5.76 Å². The second-order valence-corrected chi connectivity index (χ2v) is 11.6. The smallest absolute Gasteiger partial charge is 0.254 e. The van der Waals surface area contributed by atoms with Crippen molar-refractivity contribution in [3.05, 3.63) is 82.6 Å². The predicted octanol–water partition coefficient (Wildman–Crippen LogP) is 5.49. The molecule has 2 heterocycles. The first kappa shape index (κ1) is 23.9. The molecule has 0 radical (unpaired) electrons. The number of hydrogen-bond acceptors (Lipinski definition) is 5. The Morgan fingerprint density at radius 1 is 1.11 bits per heavy atom. The van der Waals surface area contributed by atoms with Crippen LogP contribution in [-0.2, 0) is 22.0 Å². The standard InChI is InChI=1S/C26H28F2N2O4S/c1-17-9-10-23(18-7-4-3-5-8-18)35(31,32)30(17)16-19-13-22(28)20(14-21(19)27)26(11-6-12-26)24-15-25(33-2)29-34-24/h3-5,7-8,13-15,17,23H,6,9-12,16H2,1-2H3/t17-,23+/m0/s1. The quantitative estimate of drug-likeness (QED) is 0.446. The molecule has 2 aromatic carbocycles. The average molecular weight is 503 g/mol. The van der Waals surface area contributed by atoms with Crippen LogP contribution in [0.5, 0.6) is 5.88 Å². The van der Waals surface area contributed by atoms with Gasteiger partial charge in [0.25, 0.3) is 5.88 Å². The van der Waals surface area contributed by atoms with Crippen LogP contribution in [0.15, 0.2) is 53.1 Å². The number of halogens is 2. The van der Waals surface area contributed by atoms with Crippen molar-refractivity contribution in [2.75, 3.05) is 7.11 Å². The maximum atomic E-state index is 15.5. The minimum Gasteiger partial charge on any atom is -0.479 e. The van der Waals surface area contributed by atoms with Crippen molar-refractivity contribution >= 4 is 10.0 Å². The van der Waals surface area contributed by atoms with E-state index in [-0.39, 0.29) is 29.6 Å². The third-order valence-corrected chi connectivity index (χ3v) is 9.92. The topological polar surface area (TPSA) is 72.6 Å². The molecule has 186 valence electrons. The molecule has 0 spiro atoms. The Morgan fingerprint density at radius 3 is 2.49 bits per heavy atom. The van der Waals surface area contributed by atoms with E-state index in [4.69, 9.17) is 9.26 Å². The van der Waals surface area contributed by atoms with E-state index in [2.05, 4.69) is 5.16 Å². The number of aromatic nitrogens is 1. The summed E-state index contributed by atoms with van der Waals surface area (Å²) in [6.45, 7) is 1.58. The van der Waals surface area contributed by atoms with Crippen molar-refractivity contribution < 1.29 is 26.5 Å². The maximum absolute atomic E-state index is 15.5. The molecular formula is C26H28F2N2O4S. The third kappa shape index (κ3) is 4.04. The number of ether oxygens (including phenoxy) is 1. The Bertz CT molecular complexity index is 1320. The van der Waals surface area contributed by atoms with Crippen LogP contribution in [0.2, 0.25) is 0 Å². The van der Waals surface area contributed by atoms with Crippen molar-refractivity contribution in [1.82, 2.24) is 9.46 Å². The summed E-state index contributed by atoms with van der Waals surface area (Å²) >= 11 is 0. The van der Waals surface area contributed by atoms with Crippen LogP contribution in [0, 0.1) is 11.6 Å². The molecule has 0 unspecified atom stereocenters. The molecule has 6 nitrogen and oxygen atoms in total. The van der Waals surface area contributed by atoms with Gasteiger partial charge < -0.3 is 9.26 Å². The van der Waals surface area contributed by atoms with Crippen molar-refractivity contribution in [1.29, 1.82) is 0 Å². The van der Waals surface area contributed by atoms with E-state index in [9.17, 15) is 8.42 Å². The molecule has 0 N–H and O–H groups in total. The van der Waals surface area contributed by atoms with Gasteiger partial charge in [-0.25, -0.2) is 17.2 Å². The molecule has 1 aliphatic carbocycles. The van der Waals surface area contributed by atoms with Gasteiger partial charge in [-0.3, -0.25) is 0 Å². The van der Waals surface area contributed by atoms with Gasteiger partial charge in [0.05, 0.1) is 12.5 Å². The van der Waals surface area contributed by atoms with Crippen molar-refractivity contribution in [3.8, 4) is 5.88 Å². The SMILES string of the molecule is COc1cc(C2(c3cc(F)c(CN4[C@@H](C)CC[C@H](c5ccccc5)S4(=O)=O)cc3F)CCC2)on1. The molecular weight excluding hydrogens is 474 g/mol. The highest BCUT2D eigenvalue weighted by Crippen LogP contribution is 2.51. The number of benzene rings is 2. The number of hydrogen-bond donors (Lipinski definition) is 0. The van der Waals surface area contributed by atoms with E-state index in [0.717, 1.165) is 12.5 Å². The summed E-state index contributed by atoms with van der Waals surface area (Å²) in [6, 6.07) is 12.6. The van der Waals surface area contributed by atoms with E-state index in [1.807, 2.05) is 13.0 Å². The lowest BCUT2D eigenvalue weighted by molar-refractivity contribution is 0.214. The fourth-order valence-corrected chi connectivity index (χ4v) is 7.54. The van der Waals surface area contributed by atoms with E-state index in [0.29, 0.717) is 37.0 Å². The molecule has 9 heteroatoms. The Kier molecular flexibility index (Phi) is 6.17. The lowest BCUT2D eigenvalue weighted by atomic mass is 9.62. The van der Waals surface area contributed by atoms with Crippen LogP contribution < -0.4 is 4.74 Å². The first-order chi connectivity index (χ1) is 16.8. The number of nitrogens with zero attached hydrogens (tertiary/aromatic N) is 2. The van der Waals surface area contributed by atoms with Crippen LogP contribution in [0.4, 0.5) is 8.78 Å². The summed E-state index contributed by atoms with van der Waals surface area (Å²) in [5.41, 5.74) is 0.109. The summed E-state index contributed by atoms with van der Waals surface area (Å²) in [7, 11) is -2.30. The van der Waals surface area contributed by atoms with E-state index in [1.165, 1.54) is 17.5 Å². The predicted molar refractivity (Wildman–Crippen MR) is 126 cm³/mol. The second-order valence-electron chi connectivity index (χ2n) is 9.51. The molecule has 2 atom stereocenters. The highest BCUT2D eigenvalue weighted by molar-refractivity contribution is 7.89. The average Bonchev–Trinajstić information content (AvgIpc) is 3.28. The zero-order chi connectivity index (χ0) is 24.8. The highest BCUT2D eigenvalue weighted by atomic mass is 32.2. The van der Waals surface area contributed by atoms with Gasteiger partial charge in [-0.1, -0.05) is 36.8 Å². The van der Waals surface area contributed by atoms with Gasteiger partial charge in [-0.15, -0.1) is 0 Å². The molecule has 2 fully saturated rings. The summed E-state index contributed by atoms with van der Waals surface area (Å²) in [5.74, 6) is -0.507. The van der Waals surface area contributed by atoms with E-state index in [1.54, 1.807) is 30.3 Å². The van der Waals surface area contributed by atoms with Crippen molar-refractivity contribution in [3.63, 3.8) is 0 Å². The molecule has 5 rings (SSSR count). The van der Waals surface area contributed by atoms with Crippen LogP contribution in [0.1, 0.15) is 66.7 Å². The molecule has 2 aliphatic rings. The van der Waals surface area contributed by atoms with Gasteiger partial charge in [0, 0.05) is 29.8 Å². The first-order valence-corrected chi connectivity index (χ1v) is 13.3. The van der Waals surface area contributed by atoms with Crippen LogP contribution in [0.25, 0.3) is 0 Å². The van der Waals surface area contributed by atoms with Crippen molar-refractivity contribution in [2.24, 2.45) is 0 Å². The Labute approximate surface area is 203 Å². The normalized spacial score (nSPS) is 23.5. The fraction of sp³-hybridized carbons (Fsp3) is 0.423. The lowest BCUT2D eigenvalue weighted by Crippen LogP contribution is -2.45. The van der Waals surface area contributed by atoms with E-state index >= 15 is 8.78 Å².